The number of hydrogen-bond acceptors (Lipinski definition) is 5. The van der Waals surface area contributed by atoms with Gasteiger partial charge in [-0.05, 0) is 36.6 Å². The molecule has 0 aliphatic carbocycles. The number of halogens is 1. The number of carbonyl (C=O) groups is 1. The number of amides is 1. The van der Waals surface area contributed by atoms with Crippen LogP contribution in [0.25, 0.3) is 10.9 Å². The van der Waals surface area contributed by atoms with Gasteiger partial charge in [-0.25, -0.2) is 0 Å². The van der Waals surface area contributed by atoms with Gasteiger partial charge in [0.15, 0.2) is 6.04 Å². The first-order valence-electron chi connectivity index (χ1n) is 9.71. The second-order valence-electron chi connectivity index (χ2n) is 7.27. The van der Waals surface area contributed by atoms with Crippen LogP contribution in [0.1, 0.15) is 28.6 Å². The maximum atomic E-state index is 12.3. The zero-order valence-electron chi connectivity index (χ0n) is 17.3. The lowest BCUT2D eigenvalue weighted by Crippen LogP contribution is -3.00. The summed E-state index contributed by atoms with van der Waals surface area (Å²) < 4.78 is 5.74. The van der Waals surface area contributed by atoms with Crippen molar-refractivity contribution in [2.45, 2.75) is 31.5 Å². The molecule has 0 radical (unpaired) electrons. The number of H-pyrrole nitrogens is 1. The van der Waals surface area contributed by atoms with E-state index in [0.29, 0.717) is 17.5 Å². The first-order valence-corrected chi connectivity index (χ1v) is 10.7. The number of benzene rings is 2. The van der Waals surface area contributed by atoms with Gasteiger partial charge in [0.2, 0.25) is 5.91 Å². The Morgan fingerprint density at radius 2 is 1.90 bits per heavy atom. The first-order chi connectivity index (χ1) is 14.5. The van der Waals surface area contributed by atoms with Crippen LogP contribution < -0.4 is 23.5 Å². The maximum Gasteiger partial charge on any atom is 0.277 e. The molecule has 2 heterocycles. The normalized spacial score (nSPS) is 11.8. The molecule has 4 rings (SSSR count). The Hall–Kier alpha value is -2.81. The number of hydrogen-bond donors (Lipinski definition) is 3. The van der Waals surface area contributed by atoms with Crippen molar-refractivity contribution < 1.29 is 27.4 Å². The predicted octanol–water partition coefficient (Wildman–Crippen LogP) is 0.428. The van der Waals surface area contributed by atoms with Crippen molar-refractivity contribution in [1.82, 2.24) is 15.2 Å². The zero-order valence-corrected chi connectivity index (χ0v) is 18.9. The van der Waals surface area contributed by atoms with Crippen LogP contribution in [0.4, 0.5) is 5.69 Å². The van der Waals surface area contributed by atoms with Crippen molar-refractivity contribution in [3.63, 3.8) is 0 Å². The average molecular weight is 458 g/mol. The van der Waals surface area contributed by atoms with Gasteiger partial charge in [-0.3, -0.25) is 4.79 Å². The van der Waals surface area contributed by atoms with Gasteiger partial charge in [-0.1, -0.05) is 48.2 Å². The summed E-state index contributed by atoms with van der Waals surface area (Å²) >= 11 is 1.22. The number of para-hydroxylation sites is 2. The van der Waals surface area contributed by atoms with E-state index in [-0.39, 0.29) is 30.1 Å². The highest BCUT2D eigenvalue weighted by molar-refractivity contribution is 7.99. The van der Waals surface area contributed by atoms with Crippen molar-refractivity contribution in [3.05, 3.63) is 71.2 Å². The van der Waals surface area contributed by atoms with Crippen LogP contribution in [0.3, 0.4) is 0 Å². The standard InChI is InChI=1S/C22H23N5O2S.ClH/c1-13-6-5-7-14(2)20(13)25-19(28)12-30-22-27-26-21(29-22)17(23)10-15-11-24-18-9-4-3-8-16(15)18;/h3-9,11,17,24H,10,12,23H2,1-2H3,(H,25,28);1H/t17-;/m0./s1. The fourth-order valence-electron chi connectivity index (χ4n) is 3.41. The molecule has 5 N–H and O–H groups in total. The minimum Gasteiger partial charge on any atom is -1.00 e. The lowest BCUT2D eigenvalue weighted by atomic mass is 10.1. The number of rotatable bonds is 7. The molecule has 0 unspecified atom stereocenters. The molecule has 2 aromatic heterocycles. The summed E-state index contributed by atoms with van der Waals surface area (Å²) in [4.78, 5) is 15.6. The Kier molecular flexibility index (Phi) is 7.37. The third kappa shape index (κ3) is 5.28. The van der Waals surface area contributed by atoms with Crippen LogP contribution in [0.2, 0.25) is 0 Å². The SMILES string of the molecule is Cc1cccc(C)c1NC(=O)CSc1nnc([C@@H]([NH3+])Cc2c[nH]c3ccccc23)o1.[Cl-]. The van der Waals surface area contributed by atoms with E-state index in [1.165, 1.54) is 17.1 Å². The number of thioether (sulfide) groups is 1. The molecule has 31 heavy (non-hydrogen) atoms. The predicted molar refractivity (Wildman–Crippen MR) is 117 cm³/mol. The summed E-state index contributed by atoms with van der Waals surface area (Å²) in [5, 5.41) is 12.7. The fraction of sp³-hybridized carbons (Fsp3) is 0.227. The molecule has 1 amide bonds. The van der Waals surface area contributed by atoms with Gasteiger partial charge in [-0.2, -0.15) is 0 Å². The highest BCUT2D eigenvalue weighted by Gasteiger charge is 2.21. The minimum absolute atomic E-state index is 0. The molecule has 0 aliphatic heterocycles. The third-order valence-corrected chi connectivity index (χ3v) is 5.80. The van der Waals surface area contributed by atoms with Crippen LogP contribution in [0.5, 0.6) is 0 Å². The summed E-state index contributed by atoms with van der Waals surface area (Å²) in [6.07, 6.45) is 2.68. The van der Waals surface area contributed by atoms with Gasteiger partial charge < -0.3 is 32.9 Å². The molecule has 0 spiro atoms. The van der Waals surface area contributed by atoms with Crippen molar-refractivity contribution in [3.8, 4) is 0 Å². The van der Waals surface area contributed by atoms with E-state index in [1.54, 1.807) is 0 Å². The molecule has 2 aromatic carbocycles. The highest BCUT2D eigenvalue weighted by Crippen LogP contribution is 2.25. The number of fused-ring (bicyclic) bond motifs is 1. The molecule has 0 fully saturated rings. The molecule has 0 aliphatic rings. The Balaban J connectivity index is 0.00000272. The molecule has 0 saturated carbocycles. The maximum absolute atomic E-state index is 12.3. The Morgan fingerprint density at radius 1 is 1.16 bits per heavy atom. The molecule has 7 nitrogen and oxygen atoms in total. The summed E-state index contributed by atoms with van der Waals surface area (Å²) in [5.74, 6) is 0.555. The topological polar surface area (TPSA) is 111 Å². The van der Waals surface area contributed by atoms with E-state index in [1.807, 2.05) is 56.4 Å². The number of aromatic amines is 1. The van der Waals surface area contributed by atoms with Gasteiger partial charge in [0, 0.05) is 29.2 Å². The minimum atomic E-state index is -0.172. The van der Waals surface area contributed by atoms with Crippen LogP contribution >= 0.6 is 11.8 Å². The van der Waals surface area contributed by atoms with Crippen molar-refractivity contribution in [1.29, 1.82) is 0 Å². The van der Waals surface area contributed by atoms with Crippen molar-refractivity contribution in [2.24, 2.45) is 0 Å². The van der Waals surface area contributed by atoms with E-state index in [9.17, 15) is 4.79 Å². The fourth-order valence-corrected chi connectivity index (χ4v) is 3.98. The quantitative estimate of drug-likeness (QED) is 0.348. The first kappa shape index (κ1) is 22.9. The summed E-state index contributed by atoms with van der Waals surface area (Å²) in [5.41, 5.74) is 9.35. The van der Waals surface area contributed by atoms with E-state index < -0.39 is 0 Å². The van der Waals surface area contributed by atoms with E-state index >= 15 is 0 Å². The second kappa shape index (κ2) is 10.00. The van der Waals surface area contributed by atoms with Crippen molar-refractivity contribution in [2.75, 3.05) is 11.1 Å². The molecular weight excluding hydrogens is 434 g/mol. The number of nitrogens with zero attached hydrogens (tertiary/aromatic N) is 2. The zero-order chi connectivity index (χ0) is 21.1. The third-order valence-electron chi connectivity index (χ3n) is 4.98. The number of carbonyl (C=O) groups excluding carboxylic acids is 1. The molecule has 9 heteroatoms. The number of aromatic nitrogens is 3. The number of quaternary nitrogens is 1. The Morgan fingerprint density at radius 3 is 2.68 bits per heavy atom. The summed E-state index contributed by atoms with van der Waals surface area (Å²) in [6.45, 7) is 3.95. The van der Waals surface area contributed by atoms with Gasteiger partial charge in [0.1, 0.15) is 0 Å². The highest BCUT2D eigenvalue weighted by atomic mass is 35.5. The van der Waals surface area contributed by atoms with Gasteiger partial charge >= 0.3 is 0 Å². The Labute approximate surface area is 190 Å². The van der Waals surface area contributed by atoms with Crippen LogP contribution in [0.15, 0.2) is 58.3 Å². The lowest BCUT2D eigenvalue weighted by Gasteiger charge is -2.10. The largest absolute Gasteiger partial charge is 1.00 e. The van der Waals surface area contributed by atoms with Gasteiger partial charge in [0.25, 0.3) is 11.1 Å². The van der Waals surface area contributed by atoms with Crippen LogP contribution in [0, 0.1) is 13.8 Å². The van der Waals surface area contributed by atoms with Crippen LogP contribution in [-0.2, 0) is 11.2 Å². The Bertz CT molecular complexity index is 1170. The number of anilines is 1. The summed E-state index contributed by atoms with van der Waals surface area (Å²) in [7, 11) is 0. The lowest BCUT2D eigenvalue weighted by molar-refractivity contribution is -0.431. The number of aryl methyl sites for hydroxylation is 2. The molecular formula is C22H24ClN5O2S. The molecule has 1 atom stereocenters. The van der Waals surface area contributed by atoms with E-state index in [4.69, 9.17) is 4.42 Å². The molecule has 0 saturated heterocycles. The van der Waals surface area contributed by atoms with E-state index in [0.717, 1.165) is 27.9 Å². The average Bonchev–Trinajstić information content (AvgIpc) is 3.37. The molecule has 4 aromatic rings. The molecule has 162 valence electrons. The number of nitrogens with one attached hydrogen (secondary N) is 2. The summed E-state index contributed by atoms with van der Waals surface area (Å²) in [6, 6.07) is 13.9. The second-order valence-corrected chi connectivity index (χ2v) is 8.20. The van der Waals surface area contributed by atoms with Gasteiger partial charge in [-0.15, -0.1) is 10.2 Å². The molecule has 0 bridgehead atoms. The van der Waals surface area contributed by atoms with Gasteiger partial charge in [0.05, 0.1) is 5.75 Å². The monoisotopic (exact) mass is 457 g/mol. The van der Waals surface area contributed by atoms with Crippen LogP contribution in [-0.4, -0.2) is 26.8 Å². The van der Waals surface area contributed by atoms with Crippen molar-refractivity contribution >= 4 is 34.3 Å². The van der Waals surface area contributed by atoms with E-state index in [2.05, 4.69) is 32.3 Å². The smallest absolute Gasteiger partial charge is 0.277 e.